The van der Waals surface area contributed by atoms with E-state index in [0.29, 0.717) is 5.92 Å². The van der Waals surface area contributed by atoms with Crippen LogP contribution in [0.3, 0.4) is 0 Å². The lowest BCUT2D eigenvalue weighted by atomic mass is 9.87. The topological polar surface area (TPSA) is 107 Å². The molecule has 1 aliphatic rings. The zero-order chi connectivity index (χ0) is 24.4. The third kappa shape index (κ3) is 7.27. The van der Waals surface area contributed by atoms with E-state index in [4.69, 9.17) is 9.05 Å². The zero-order valence-corrected chi connectivity index (χ0v) is 21.7. The van der Waals surface area contributed by atoms with E-state index < -0.39 is 18.4 Å². The molecule has 3 rings (SSSR count). The normalized spacial score (nSPS) is 15.9. The Morgan fingerprint density at radius 2 is 1.73 bits per heavy atom. The number of hydrogen-bond donors (Lipinski definition) is 1. The molecule has 1 aromatic heterocycles. The molecule has 1 aromatic carbocycles. The molecule has 8 nitrogen and oxygen atoms in total. The van der Waals surface area contributed by atoms with Gasteiger partial charge in [0.25, 0.3) is 0 Å². The van der Waals surface area contributed by atoms with Crippen LogP contribution in [0.2, 0.25) is 0 Å². The van der Waals surface area contributed by atoms with Crippen molar-refractivity contribution in [1.29, 1.82) is 0 Å². The van der Waals surface area contributed by atoms with E-state index in [1.54, 1.807) is 6.26 Å². The summed E-state index contributed by atoms with van der Waals surface area (Å²) >= 11 is 0. The molecule has 0 radical (unpaired) electrons. The van der Waals surface area contributed by atoms with Crippen LogP contribution in [-0.2, 0) is 29.2 Å². The summed E-state index contributed by atoms with van der Waals surface area (Å²) in [6.45, 7) is 4.00. The highest BCUT2D eigenvalue weighted by atomic mass is 32.2. The molecule has 1 unspecified atom stereocenters. The van der Waals surface area contributed by atoms with Crippen LogP contribution >= 0.6 is 7.60 Å². The first-order valence-corrected chi connectivity index (χ1v) is 14.2. The fourth-order valence-electron chi connectivity index (χ4n) is 3.87. The molecule has 1 amide bonds. The molecule has 2 atom stereocenters. The number of anilines is 1. The number of aromatic nitrogens is 2. The van der Waals surface area contributed by atoms with E-state index >= 15 is 0 Å². The second-order valence-electron chi connectivity index (χ2n) is 7.57. The minimum absolute atomic E-state index is 0.0705. The maximum absolute atomic E-state index is 13.2. The molecule has 1 aliphatic carbocycles. The van der Waals surface area contributed by atoms with Gasteiger partial charge in [-0.25, -0.2) is 9.97 Å². The van der Waals surface area contributed by atoms with E-state index in [0.717, 1.165) is 29.7 Å². The van der Waals surface area contributed by atoms with Crippen molar-refractivity contribution in [3.63, 3.8) is 0 Å². The van der Waals surface area contributed by atoms with E-state index in [1.807, 2.05) is 38.1 Å². The fourth-order valence-corrected chi connectivity index (χ4v) is 5.31. The summed E-state index contributed by atoms with van der Waals surface area (Å²) in [7, 11) is -2.02. The van der Waals surface area contributed by atoms with Crippen LogP contribution < -0.4 is 10.8 Å². The molecule has 1 saturated carbocycles. The largest absolute Gasteiger partial charge is 0.380 e. The molecular weight excluding hydrogens is 461 g/mol. The van der Waals surface area contributed by atoms with E-state index in [-0.39, 0.29) is 23.1 Å². The molecule has 2 aromatic rings. The number of carbonyl (C=O) groups is 1. The molecule has 182 valence electrons. The second kappa shape index (κ2) is 13.1. The van der Waals surface area contributed by atoms with Crippen molar-refractivity contribution in [3.8, 4) is 0 Å². The van der Waals surface area contributed by atoms with Crippen molar-refractivity contribution < 1.29 is 22.6 Å². The van der Waals surface area contributed by atoms with Gasteiger partial charge in [0.1, 0.15) is 0 Å². The molecule has 0 saturated heterocycles. The molecule has 0 aliphatic heterocycles. The predicted octanol–water partition coefficient (Wildman–Crippen LogP) is 4.65. The van der Waals surface area contributed by atoms with Gasteiger partial charge in [-0.05, 0) is 30.0 Å². The zero-order valence-electron chi connectivity index (χ0n) is 19.9. The summed E-state index contributed by atoms with van der Waals surface area (Å²) in [5, 5.41) is 2.82. The Bertz CT molecular complexity index is 955. The van der Waals surface area contributed by atoms with Crippen molar-refractivity contribution in [2.75, 3.05) is 25.8 Å². The summed E-state index contributed by atoms with van der Waals surface area (Å²) < 4.78 is 33.9. The summed E-state index contributed by atoms with van der Waals surface area (Å²) in [5.41, 5.74) is 0.951. The standard InChI is InChI=1S/C21H28N3O5PS.C2H6/c1-28-30(26,29-2)20-14-22-19(13-23-20)24-21(25)18(12-15-6-4-5-7-15)16-8-10-17(11-9-16)31(3)27;1-2/h8-11,13-15,18H,4-7,12H2,1-3H3,(H,22,24,25);1-2H3/t18-,31?;/m1./s1. The average Bonchev–Trinajstić information content (AvgIpc) is 3.37. The number of rotatable bonds is 9. The Morgan fingerprint density at radius 1 is 1.12 bits per heavy atom. The van der Waals surface area contributed by atoms with Gasteiger partial charge in [-0.15, -0.1) is 0 Å². The lowest BCUT2D eigenvalue weighted by molar-refractivity contribution is -0.118. The molecular formula is C23H34N3O5PS. The van der Waals surface area contributed by atoms with Crippen LogP contribution in [0.5, 0.6) is 0 Å². The van der Waals surface area contributed by atoms with Crippen LogP contribution in [-0.4, -0.2) is 40.6 Å². The molecule has 0 spiro atoms. The molecule has 1 fully saturated rings. The van der Waals surface area contributed by atoms with Crippen LogP contribution in [0.1, 0.15) is 57.4 Å². The molecule has 33 heavy (non-hydrogen) atoms. The van der Waals surface area contributed by atoms with Gasteiger partial charge in [0.2, 0.25) is 5.91 Å². The molecule has 0 bridgehead atoms. The summed E-state index contributed by atoms with van der Waals surface area (Å²) in [5.74, 6) is 0.225. The highest BCUT2D eigenvalue weighted by Crippen LogP contribution is 2.44. The van der Waals surface area contributed by atoms with Gasteiger partial charge in [-0.2, -0.15) is 0 Å². The van der Waals surface area contributed by atoms with Crippen molar-refractivity contribution >= 4 is 35.6 Å². The Balaban J connectivity index is 0.00000187. The van der Waals surface area contributed by atoms with E-state index in [9.17, 15) is 13.6 Å². The SMILES string of the molecule is CC.COP(=O)(OC)c1cnc(NC(=O)[C@H](CC2CCCC2)c2ccc(S(C)=O)cc2)cn1. The van der Waals surface area contributed by atoms with Crippen LogP contribution in [0.15, 0.2) is 41.6 Å². The maximum Gasteiger partial charge on any atom is 0.380 e. The van der Waals surface area contributed by atoms with Gasteiger partial charge in [0.15, 0.2) is 11.3 Å². The third-order valence-corrected chi connectivity index (χ3v) is 8.32. The first-order chi connectivity index (χ1) is 15.9. The van der Waals surface area contributed by atoms with Crippen LogP contribution in [0, 0.1) is 5.92 Å². The summed E-state index contributed by atoms with van der Waals surface area (Å²) in [6.07, 6.45) is 9.63. The maximum atomic E-state index is 13.2. The smallest absolute Gasteiger partial charge is 0.309 e. The van der Waals surface area contributed by atoms with Gasteiger partial charge in [0.05, 0.1) is 18.3 Å². The highest BCUT2D eigenvalue weighted by Gasteiger charge is 2.29. The number of nitrogens with one attached hydrogen (secondary N) is 1. The Labute approximate surface area is 198 Å². The molecule has 1 heterocycles. The third-order valence-electron chi connectivity index (χ3n) is 5.63. The highest BCUT2D eigenvalue weighted by molar-refractivity contribution is 7.84. The fraction of sp³-hybridized carbons (Fsp3) is 0.522. The van der Waals surface area contributed by atoms with Crippen molar-refractivity contribution in [1.82, 2.24) is 9.97 Å². The van der Waals surface area contributed by atoms with Crippen molar-refractivity contribution in [2.24, 2.45) is 5.92 Å². The summed E-state index contributed by atoms with van der Waals surface area (Å²) in [6, 6.07) is 7.36. The Kier molecular flexibility index (Phi) is 10.8. The average molecular weight is 496 g/mol. The van der Waals surface area contributed by atoms with Crippen LogP contribution in [0.25, 0.3) is 0 Å². The first-order valence-electron chi connectivity index (χ1n) is 11.1. The quantitative estimate of drug-likeness (QED) is 0.504. The first kappa shape index (κ1) is 27.3. The lowest BCUT2D eigenvalue weighted by Crippen LogP contribution is -2.24. The van der Waals surface area contributed by atoms with Gasteiger partial charge >= 0.3 is 7.60 Å². The summed E-state index contributed by atoms with van der Waals surface area (Å²) in [4.78, 5) is 22.1. The second-order valence-corrected chi connectivity index (χ2v) is 11.1. The Morgan fingerprint density at radius 3 is 2.21 bits per heavy atom. The minimum atomic E-state index is -3.50. The number of carbonyl (C=O) groups excluding carboxylic acids is 1. The molecule has 10 heteroatoms. The van der Waals surface area contributed by atoms with E-state index in [2.05, 4.69) is 15.3 Å². The van der Waals surface area contributed by atoms with Crippen molar-refractivity contribution in [3.05, 3.63) is 42.2 Å². The van der Waals surface area contributed by atoms with Gasteiger partial charge in [-0.1, -0.05) is 51.7 Å². The molecule has 1 N–H and O–H groups in total. The van der Waals surface area contributed by atoms with Gasteiger partial charge < -0.3 is 14.4 Å². The van der Waals surface area contributed by atoms with Crippen LogP contribution in [0.4, 0.5) is 5.82 Å². The van der Waals surface area contributed by atoms with E-state index in [1.165, 1.54) is 39.5 Å². The van der Waals surface area contributed by atoms with Gasteiger partial charge in [-0.3, -0.25) is 13.6 Å². The number of benzene rings is 1. The predicted molar refractivity (Wildman–Crippen MR) is 131 cm³/mol. The number of amides is 1. The number of nitrogens with zero attached hydrogens (tertiary/aromatic N) is 2. The minimum Gasteiger partial charge on any atom is -0.309 e. The Hall–Kier alpha value is -1.93. The lowest BCUT2D eigenvalue weighted by Gasteiger charge is -2.21. The van der Waals surface area contributed by atoms with Gasteiger partial charge in [0, 0.05) is 36.2 Å². The number of hydrogen-bond acceptors (Lipinski definition) is 7. The van der Waals surface area contributed by atoms with Crippen molar-refractivity contribution in [2.45, 2.75) is 56.8 Å². The monoisotopic (exact) mass is 495 g/mol.